The number of carbonyl (C=O) groups excluding carboxylic acids is 1. The van der Waals surface area contributed by atoms with Gasteiger partial charge in [0.05, 0.1) is 6.54 Å². The highest BCUT2D eigenvalue weighted by atomic mass is 35.5. The summed E-state index contributed by atoms with van der Waals surface area (Å²) in [6.07, 6.45) is 4.92. The monoisotopic (exact) mass is 380 g/mol. The number of β-amino-alcohol motifs (C(OH)–C–C–N with tert-alkyl or cyclic N) is 1. The molecule has 1 amide bonds. The number of hydrogen-bond acceptors (Lipinski definition) is 4. The topological polar surface area (TPSA) is 53.0 Å². The lowest BCUT2D eigenvalue weighted by Gasteiger charge is -2.40. The molecule has 26 heavy (non-hydrogen) atoms. The Morgan fingerprint density at radius 3 is 2.96 bits per heavy atom. The van der Waals surface area contributed by atoms with Crippen molar-refractivity contribution in [2.24, 2.45) is 0 Å². The summed E-state index contributed by atoms with van der Waals surface area (Å²) in [5.74, 6) is 0.832. The highest BCUT2D eigenvalue weighted by molar-refractivity contribution is 6.30. The van der Waals surface area contributed by atoms with Crippen LogP contribution in [0.2, 0.25) is 5.02 Å². The number of ether oxygens (including phenoxy) is 1. The maximum Gasteiger partial charge on any atom is 0.236 e. The van der Waals surface area contributed by atoms with E-state index >= 15 is 0 Å². The molecule has 1 N–H and O–H groups in total. The van der Waals surface area contributed by atoms with Crippen LogP contribution in [-0.4, -0.2) is 65.2 Å². The zero-order chi connectivity index (χ0) is 18.6. The second kappa shape index (κ2) is 8.59. The van der Waals surface area contributed by atoms with Crippen LogP contribution in [0, 0.1) is 0 Å². The lowest BCUT2D eigenvalue weighted by atomic mass is 9.93. The first-order valence-electron chi connectivity index (χ1n) is 9.58. The van der Waals surface area contributed by atoms with Crippen molar-refractivity contribution in [3.63, 3.8) is 0 Å². The van der Waals surface area contributed by atoms with E-state index in [2.05, 4.69) is 11.8 Å². The molecule has 0 aliphatic carbocycles. The first kappa shape index (κ1) is 19.5. The van der Waals surface area contributed by atoms with Gasteiger partial charge in [-0.05, 0) is 63.8 Å². The minimum Gasteiger partial charge on any atom is -0.490 e. The molecule has 0 bridgehead atoms. The number of hydrogen-bond donors (Lipinski definition) is 1. The molecule has 1 aromatic carbocycles. The third kappa shape index (κ3) is 5.12. The summed E-state index contributed by atoms with van der Waals surface area (Å²) >= 11 is 5.97. The van der Waals surface area contributed by atoms with Crippen molar-refractivity contribution < 1.29 is 14.6 Å². The van der Waals surface area contributed by atoms with E-state index in [-0.39, 0.29) is 12.5 Å². The number of rotatable bonds is 5. The first-order valence-corrected chi connectivity index (χ1v) is 9.96. The molecular formula is C20H29ClN2O3. The third-order valence-corrected chi connectivity index (χ3v) is 5.66. The van der Waals surface area contributed by atoms with E-state index in [0.717, 1.165) is 32.4 Å². The van der Waals surface area contributed by atoms with E-state index in [9.17, 15) is 9.90 Å². The molecule has 1 aromatic rings. The Morgan fingerprint density at radius 1 is 1.35 bits per heavy atom. The fraction of sp³-hybridized carbons (Fsp3) is 0.650. The number of carbonyl (C=O) groups is 1. The van der Waals surface area contributed by atoms with Gasteiger partial charge in [0.15, 0.2) is 0 Å². The molecule has 2 heterocycles. The maximum atomic E-state index is 12.7. The Morgan fingerprint density at radius 2 is 2.19 bits per heavy atom. The van der Waals surface area contributed by atoms with Gasteiger partial charge in [-0.3, -0.25) is 9.69 Å². The van der Waals surface area contributed by atoms with E-state index in [1.54, 1.807) is 12.1 Å². The summed E-state index contributed by atoms with van der Waals surface area (Å²) in [5.41, 5.74) is -0.936. The van der Waals surface area contributed by atoms with Crippen LogP contribution in [0.4, 0.5) is 0 Å². The zero-order valence-electron chi connectivity index (χ0n) is 15.5. The highest BCUT2D eigenvalue weighted by Crippen LogP contribution is 2.25. The SMILES string of the molecule is CC1CCCCN1C(=O)CN1CCCC(O)(COc2cccc(Cl)c2)C1. The molecule has 3 rings (SSSR count). The molecule has 2 unspecified atom stereocenters. The minimum atomic E-state index is -0.936. The second-order valence-electron chi connectivity index (χ2n) is 7.72. The van der Waals surface area contributed by atoms with Crippen molar-refractivity contribution in [1.82, 2.24) is 9.80 Å². The van der Waals surface area contributed by atoms with E-state index in [0.29, 0.717) is 36.3 Å². The van der Waals surface area contributed by atoms with Crippen LogP contribution < -0.4 is 4.74 Å². The molecule has 2 fully saturated rings. The van der Waals surface area contributed by atoms with Crippen LogP contribution in [0.1, 0.15) is 39.0 Å². The lowest BCUT2D eigenvalue weighted by Crippen LogP contribution is -2.55. The van der Waals surface area contributed by atoms with Crippen LogP contribution in [-0.2, 0) is 4.79 Å². The highest BCUT2D eigenvalue weighted by Gasteiger charge is 2.35. The molecule has 2 aliphatic heterocycles. The van der Waals surface area contributed by atoms with Gasteiger partial charge in [0.25, 0.3) is 0 Å². The fourth-order valence-corrected chi connectivity index (χ4v) is 4.16. The molecule has 6 heteroatoms. The predicted molar refractivity (Wildman–Crippen MR) is 103 cm³/mol. The summed E-state index contributed by atoms with van der Waals surface area (Å²) in [6, 6.07) is 7.52. The van der Waals surface area contributed by atoms with Gasteiger partial charge in [0.2, 0.25) is 5.91 Å². The number of nitrogens with zero attached hydrogens (tertiary/aromatic N) is 2. The average molecular weight is 381 g/mol. The Labute approximate surface area is 160 Å². The minimum absolute atomic E-state index is 0.178. The van der Waals surface area contributed by atoms with Gasteiger partial charge in [-0.2, -0.15) is 0 Å². The normalized spacial score (nSPS) is 27.3. The molecule has 0 aromatic heterocycles. The lowest BCUT2D eigenvalue weighted by molar-refractivity contribution is -0.138. The number of aliphatic hydroxyl groups is 1. The Kier molecular flexibility index (Phi) is 6.43. The average Bonchev–Trinajstić information content (AvgIpc) is 2.61. The number of benzene rings is 1. The molecule has 0 spiro atoms. The quantitative estimate of drug-likeness (QED) is 0.853. The first-order chi connectivity index (χ1) is 12.5. The smallest absolute Gasteiger partial charge is 0.236 e. The van der Waals surface area contributed by atoms with Crippen LogP contribution in [0.25, 0.3) is 0 Å². The van der Waals surface area contributed by atoms with Crippen LogP contribution in [0.3, 0.4) is 0 Å². The van der Waals surface area contributed by atoms with Gasteiger partial charge < -0.3 is 14.7 Å². The molecule has 5 nitrogen and oxygen atoms in total. The van der Waals surface area contributed by atoms with E-state index in [1.165, 1.54) is 6.42 Å². The molecular weight excluding hydrogens is 352 g/mol. The van der Waals surface area contributed by atoms with Gasteiger partial charge >= 0.3 is 0 Å². The Bertz CT molecular complexity index is 627. The standard InChI is InChI=1S/C20H29ClN2O3/c1-16-6-2-3-11-23(16)19(24)13-22-10-5-9-20(25,14-22)15-26-18-8-4-7-17(21)12-18/h4,7-8,12,16,25H,2-3,5-6,9-11,13-15H2,1H3. The van der Waals surface area contributed by atoms with Gasteiger partial charge in [0, 0.05) is 24.2 Å². The molecule has 2 saturated heterocycles. The number of likely N-dealkylation sites (tertiary alicyclic amines) is 2. The van der Waals surface area contributed by atoms with Crippen molar-refractivity contribution in [3.8, 4) is 5.75 Å². The van der Waals surface area contributed by atoms with Gasteiger partial charge in [-0.25, -0.2) is 0 Å². The summed E-state index contributed by atoms with van der Waals surface area (Å²) < 4.78 is 5.76. The largest absolute Gasteiger partial charge is 0.490 e. The van der Waals surface area contributed by atoms with E-state index < -0.39 is 5.60 Å². The van der Waals surface area contributed by atoms with Crippen molar-refractivity contribution in [1.29, 1.82) is 0 Å². The van der Waals surface area contributed by atoms with Crippen LogP contribution in [0.15, 0.2) is 24.3 Å². The van der Waals surface area contributed by atoms with Crippen LogP contribution >= 0.6 is 11.6 Å². The van der Waals surface area contributed by atoms with Crippen molar-refractivity contribution in [2.75, 3.05) is 32.8 Å². The number of piperidine rings is 2. The summed E-state index contributed by atoms with van der Waals surface area (Å²) in [5, 5.41) is 11.5. The van der Waals surface area contributed by atoms with Crippen molar-refractivity contribution in [2.45, 2.75) is 50.7 Å². The fourth-order valence-electron chi connectivity index (χ4n) is 3.98. The van der Waals surface area contributed by atoms with Gasteiger partial charge in [0.1, 0.15) is 18.0 Å². The van der Waals surface area contributed by atoms with Crippen molar-refractivity contribution in [3.05, 3.63) is 29.3 Å². The van der Waals surface area contributed by atoms with E-state index in [1.807, 2.05) is 17.0 Å². The summed E-state index contributed by atoms with van der Waals surface area (Å²) in [4.78, 5) is 16.7. The number of halogens is 1. The maximum absolute atomic E-state index is 12.7. The Balaban J connectivity index is 1.53. The molecule has 0 saturated carbocycles. The molecule has 0 radical (unpaired) electrons. The van der Waals surface area contributed by atoms with E-state index in [4.69, 9.17) is 16.3 Å². The Hall–Kier alpha value is -1.30. The molecule has 2 atom stereocenters. The van der Waals surface area contributed by atoms with Crippen molar-refractivity contribution >= 4 is 17.5 Å². The van der Waals surface area contributed by atoms with Crippen LogP contribution in [0.5, 0.6) is 5.75 Å². The molecule has 144 valence electrons. The second-order valence-corrected chi connectivity index (χ2v) is 8.15. The third-order valence-electron chi connectivity index (χ3n) is 5.42. The summed E-state index contributed by atoms with van der Waals surface area (Å²) in [6.45, 7) is 4.87. The molecule has 2 aliphatic rings. The number of amides is 1. The van der Waals surface area contributed by atoms with Gasteiger partial charge in [-0.15, -0.1) is 0 Å². The zero-order valence-corrected chi connectivity index (χ0v) is 16.2. The predicted octanol–water partition coefficient (Wildman–Crippen LogP) is 2.95. The summed E-state index contributed by atoms with van der Waals surface area (Å²) in [7, 11) is 0. The van der Waals surface area contributed by atoms with Gasteiger partial charge in [-0.1, -0.05) is 17.7 Å².